The van der Waals surface area contributed by atoms with Crippen molar-refractivity contribution >= 4 is 6.15 Å². The van der Waals surface area contributed by atoms with Crippen LogP contribution in [0.3, 0.4) is 0 Å². The third-order valence-electron chi connectivity index (χ3n) is 1.38. The molecule has 1 aromatic rings. The molecule has 0 bridgehead atoms. The predicted octanol–water partition coefficient (Wildman–Crippen LogP) is 1.27. The van der Waals surface area contributed by atoms with E-state index in [1.807, 2.05) is 0 Å². The van der Waals surface area contributed by atoms with Crippen molar-refractivity contribution in [2.45, 2.75) is 0 Å². The number of methoxy groups -OCH3 is 1. The van der Waals surface area contributed by atoms with Gasteiger partial charge in [-0.1, -0.05) is 12.1 Å². The maximum atomic E-state index is 12.9. The summed E-state index contributed by atoms with van der Waals surface area (Å²) in [5.41, 5.74) is 0. The van der Waals surface area contributed by atoms with Crippen LogP contribution in [0, 0.1) is 5.82 Å². The van der Waals surface area contributed by atoms with Gasteiger partial charge in [-0.25, -0.2) is 4.39 Å². The second-order valence-corrected chi connectivity index (χ2v) is 2.36. The van der Waals surface area contributed by atoms with Crippen LogP contribution in [0.5, 0.6) is 5.75 Å². The first-order valence-corrected chi connectivity index (χ1v) is 4.11. The number of carbonyl (C=O) groups excluding carboxylic acids is 2. The molecule has 0 saturated heterocycles. The summed E-state index contributed by atoms with van der Waals surface area (Å²) in [6.07, 6.45) is 0.250. The molecule has 1 aromatic carbocycles. The van der Waals surface area contributed by atoms with Gasteiger partial charge in [-0.05, 0) is 12.1 Å². The molecular weight excluding hydrogens is 203 g/mol. The minimum Gasteiger partial charge on any atom is -0.488 e. The van der Waals surface area contributed by atoms with Crippen LogP contribution in [0.2, 0.25) is 0 Å². The lowest BCUT2D eigenvalue weighted by Gasteiger charge is -2.05. The molecule has 5 heteroatoms. The Hall–Kier alpha value is -1.71. The third-order valence-corrected chi connectivity index (χ3v) is 1.38. The first-order chi connectivity index (χ1) is 7.26. The van der Waals surface area contributed by atoms with Gasteiger partial charge in [0.1, 0.15) is 6.61 Å². The number of ether oxygens (including phenoxy) is 2. The average Bonchev–Trinajstić information content (AvgIpc) is 2.22. The molecule has 0 amide bonds. The van der Waals surface area contributed by atoms with Crippen molar-refractivity contribution < 1.29 is 23.5 Å². The second-order valence-electron chi connectivity index (χ2n) is 2.36. The predicted molar refractivity (Wildman–Crippen MR) is 48.8 cm³/mol. The highest BCUT2D eigenvalue weighted by Crippen LogP contribution is 2.14. The molecule has 0 aliphatic carbocycles. The Balaban J connectivity index is 0.000000583. The van der Waals surface area contributed by atoms with Gasteiger partial charge in [0.2, 0.25) is 0 Å². The molecule has 0 unspecified atom stereocenters. The van der Waals surface area contributed by atoms with Gasteiger partial charge in [-0.15, -0.1) is 0 Å². The molecule has 82 valence electrons. The summed E-state index contributed by atoms with van der Waals surface area (Å²) in [6, 6.07) is 6.30. The minimum absolute atomic E-state index is 0.250. The van der Waals surface area contributed by atoms with Crippen molar-refractivity contribution in [3.8, 4) is 5.75 Å². The van der Waals surface area contributed by atoms with Gasteiger partial charge in [-0.3, -0.25) is 0 Å². The van der Waals surface area contributed by atoms with Crippen molar-refractivity contribution in [3.05, 3.63) is 30.1 Å². The van der Waals surface area contributed by atoms with E-state index in [9.17, 15) is 4.39 Å². The maximum Gasteiger partial charge on any atom is 0.373 e. The quantitative estimate of drug-likeness (QED) is 0.708. The zero-order valence-electron chi connectivity index (χ0n) is 8.23. The summed E-state index contributed by atoms with van der Waals surface area (Å²) < 4.78 is 22.7. The molecule has 1 rings (SSSR count). The molecule has 4 nitrogen and oxygen atoms in total. The fourth-order valence-electron chi connectivity index (χ4n) is 0.797. The SMILES string of the molecule is COCCOc1ccccc1F.O=C=O. The van der Waals surface area contributed by atoms with Crippen molar-refractivity contribution in [2.75, 3.05) is 20.3 Å². The van der Waals surface area contributed by atoms with Crippen LogP contribution in [-0.2, 0) is 14.3 Å². The van der Waals surface area contributed by atoms with E-state index in [0.29, 0.717) is 13.2 Å². The van der Waals surface area contributed by atoms with Gasteiger partial charge in [0.25, 0.3) is 0 Å². The van der Waals surface area contributed by atoms with E-state index in [-0.39, 0.29) is 17.7 Å². The lowest BCUT2D eigenvalue weighted by molar-refractivity contribution is -0.191. The summed E-state index contributed by atoms with van der Waals surface area (Å²) in [7, 11) is 1.57. The molecule has 0 aliphatic rings. The Morgan fingerprint density at radius 2 is 1.87 bits per heavy atom. The van der Waals surface area contributed by atoms with Gasteiger partial charge in [0.05, 0.1) is 6.61 Å². The fraction of sp³-hybridized carbons (Fsp3) is 0.300. The Morgan fingerprint density at radius 1 is 1.27 bits per heavy atom. The van der Waals surface area contributed by atoms with E-state index < -0.39 is 0 Å². The zero-order chi connectivity index (χ0) is 11.5. The van der Waals surface area contributed by atoms with Gasteiger partial charge >= 0.3 is 6.15 Å². The molecule has 15 heavy (non-hydrogen) atoms. The van der Waals surface area contributed by atoms with Gasteiger partial charge in [0.15, 0.2) is 11.6 Å². The largest absolute Gasteiger partial charge is 0.488 e. The third kappa shape index (κ3) is 6.37. The number of hydrogen-bond donors (Lipinski definition) is 0. The number of halogens is 1. The van der Waals surface area contributed by atoms with E-state index in [1.54, 1.807) is 25.3 Å². The highest BCUT2D eigenvalue weighted by molar-refractivity contribution is 5.23. The normalized spacial score (nSPS) is 8.40. The summed E-state index contributed by atoms with van der Waals surface area (Å²) in [5.74, 6) is -0.0665. The minimum atomic E-state index is -0.339. The second kappa shape index (κ2) is 8.87. The summed E-state index contributed by atoms with van der Waals surface area (Å²) in [6.45, 7) is 0.839. The average molecular weight is 214 g/mol. The Morgan fingerprint density at radius 3 is 2.40 bits per heavy atom. The van der Waals surface area contributed by atoms with Crippen LogP contribution in [0.1, 0.15) is 0 Å². The molecular formula is C10H11FO4. The zero-order valence-corrected chi connectivity index (χ0v) is 8.23. The fourth-order valence-corrected chi connectivity index (χ4v) is 0.797. The van der Waals surface area contributed by atoms with Crippen LogP contribution in [0.4, 0.5) is 4.39 Å². The lowest BCUT2D eigenvalue weighted by Crippen LogP contribution is -2.05. The van der Waals surface area contributed by atoms with Crippen molar-refractivity contribution in [3.63, 3.8) is 0 Å². The molecule has 0 radical (unpaired) electrons. The van der Waals surface area contributed by atoms with Crippen molar-refractivity contribution in [1.82, 2.24) is 0 Å². The van der Waals surface area contributed by atoms with E-state index in [0.717, 1.165) is 0 Å². The summed E-state index contributed by atoms with van der Waals surface area (Å²) >= 11 is 0. The van der Waals surface area contributed by atoms with Crippen LogP contribution < -0.4 is 4.74 Å². The highest BCUT2D eigenvalue weighted by Gasteiger charge is 1.99. The van der Waals surface area contributed by atoms with Crippen molar-refractivity contribution in [1.29, 1.82) is 0 Å². The van der Waals surface area contributed by atoms with Crippen LogP contribution in [0.15, 0.2) is 24.3 Å². The van der Waals surface area contributed by atoms with Crippen LogP contribution in [-0.4, -0.2) is 26.5 Å². The highest BCUT2D eigenvalue weighted by atomic mass is 19.1. The Labute approximate surface area is 86.6 Å². The van der Waals surface area contributed by atoms with Gasteiger partial charge in [-0.2, -0.15) is 9.59 Å². The van der Waals surface area contributed by atoms with Gasteiger partial charge in [0, 0.05) is 7.11 Å². The molecule has 0 aliphatic heterocycles. The first kappa shape index (κ1) is 13.3. The van der Waals surface area contributed by atoms with Crippen LogP contribution in [0.25, 0.3) is 0 Å². The van der Waals surface area contributed by atoms with Crippen LogP contribution >= 0.6 is 0 Å². The Kier molecular flexibility index (Phi) is 7.86. The van der Waals surface area contributed by atoms with E-state index >= 15 is 0 Å². The number of benzene rings is 1. The number of hydrogen-bond acceptors (Lipinski definition) is 4. The lowest BCUT2D eigenvalue weighted by atomic mass is 10.3. The molecule has 0 fully saturated rings. The summed E-state index contributed by atoms with van der Waals surface area (Å²) in [4.78, 5) is 16.2. The van der Waals surface area contributed by atoms with Gasteiger partial charge < -0.3 is 9.47 Å². The molecule has 0 spiro atoms. The maximum absolute atomic E-state index is 12.9. The molecule has 0 saturated carbocycles. The molecule has 0 N–H and O–H groups in total. The molecule has 0 heterocycles. The topological polar surface area (TPSA) is 52.6 Å². The van der Waals surface area contributed by atoms with E-state index in [2.05, 4.69) is 0 Å². The van der Waals surface area contributed by atoms with E-state index in [1.165, 1.54) is 6.07 Å². The summed E-state index contributed by atoms with van der Waals surface area (Å²) in [5, 5.41) is 0. The van der Waals surface area contributed by atoms with E-state index in [4.69, 9.17) is 19.1 Å². The monoisotopic (exact) mass is 214 g/mol. The number of para-hydroxylation sites is 1. The molecule has 0 aromatic heterocycles. The Bertz CT molecular complexity index is 308. The molecule has 0 atom stereocenters. The first-order valence-electron chi connectivity index (χ1n) is 4.11. The standard InChI is InChI=1S/C9H11FO2.CO2/c1-11-6-7-12-9-5-3-2-4-8(9)10;2-1-3/h2-5H,6-7H2,1H3;. The van der Waals surface area contributed by atoms with Crippen molar-refractivity contribution in [2.24, 2.45) is 0 Å². The smallest absolute Gasteiger partial charge is 0.373 e. The number of rotatable bonds is 4.